The summed E-state index contributed by atoms with van der Waals surface area (Å²) in [6.07, 6.45) is 4.57. The second-order valence-electron chi connectivity index (χ2n) is 5.59. The molecule has 1 N–H and O–H groups in total. The second-order valence-corrected chi connectivity index (χ2v) is 7.63. The Morgan fingerprint density at radius 2 is 2.10 bits per heavy atom. The zero-order valence-electron chi connectivity index (χ0n) is 12.0. The normalized spacial score (nSPS) is 23.2. The molecule has 1 aliphatic carbocycles. The number of sulfonamides is 1. The smallest absolute Gasteiger partial charge is 0.305 e. The van der Waals surface area contributed by atoms with Crippen molar-refractivity contribution in [3.63, 3.8) is 0 Å². The van der Waals surface area contributed by atoms with Crippen LogP contribution in [0.2, 0.25) is 0 Å². The lowest BCUT2D eigenvalue weighted by Crippen LogP contribution is -2.43. The standard InChI is InChI=1S/C13H24N2O4S/c1-19-13(16)5-3-9-20(17,18)15(12-6-7-12)10-11-4-2-8-14-11/h11-12,14H,2-10H2,1H3. The Morgan fingerprint density at radius 1 is 1.35 bits per heavy atom. The van der Waals surface area contributed by atoms with Crippen LogP contribution in [0.25, 0.3) is 0 Å². The van der Waals surface area contributed by atoms with E-state index in [-0.39, 0.29) is 30.2 Å². The number of nitrogens with zero attached hydrogens (tertiary/aromatic N) is 1. The number of rotatable bonds is 8. The summed E-state index contributed by atoms with van der Waals surface area (Å²) in [5.74, 6) is -0.318. The van der Waals surface area contributed by atoms with Crippen molar-refractivity contribution in [1.82, 2.24) is 9.62 Å². The number of methoxy groups -OCH3 is 1. The van der Waals surface area contributed by atoms with E-state index < -0.39 is 10.0 Å². The average Bonchev–Trinajstić information content (AvgIpc) is 3.11. The van der Waals surface area contributed by atoms with Crippen molar-refractivity contribution < 1.29 is 17.9 Å². The van der Waals surface area contributed by atoms with Crippen LogP contribution in [0, 0.1) is 0 Å². The van der Waals surface area contributed by atoms with Gasteiger partial charge in [-0.15, -0.1) is 0 Å². The number of hydrogen-bond acceptors (Lipinski definition) is 5. The largest absolute Gasteiger partial charge is 0.469 e. The molecule has 0 aromatic rings. The van der Waals surface area contributed by atoms with E-state index in [2.05, 4.69) is 10.1 Å². The summed E-state index contributed by atoms with van der Waals surface area (Å²) in [7, 11) is -1.95. The molecular weight excluding hydrogens is 280 g/mol. The Bertz CT molecular complexity index is 428. The monoisotopic (exact) mass is 304 g/mol. The Kier molecular flexibility index (Phi) is 5.40. The zero-order chi connectivity index (χ0) is 14.6. The number of hydrogen-bond donors (Lipinski definition) is 1. The van der Waals surface area contributed by atoms with Crippen LogP contribution in [0.3, 0.4) is 0 Å². The highest BCUT2D eigenvalue weighted by atomic mass is 32.2. The highest BCUT2D eigenvalue weighted by molar-refractivity contribution is 7.89. The molecule has 0 aromatic carbocycles. The summed E-state index contributed by atoms with van der Waals surface area (Å²) in [4.78, 5) is 11.1. The van der Waals surface area contributed by atoms with Crippen molar-refractivity contribution in [2.24, 2.45) is 0 Å². The van der Waals surface area contributed by atoms with Gasteiger partial charge in [0.15, 0.2) is 0 Å². The van der Waals surface area contributed by atoms with Gasteiger partial charge in [-0.2, -0.15) is 4.31 Å². The zero-order valence-corrected chi connectivity index (χ0v) is 12.8. The highest BCUT2D eigenvalue weighted by Crippen LogP contribution is 2.30. The maximum absolute atomic E-state index is 12.4. The molecular formula is C13H24N2O4S. The van der Waals surface area contributed by atoms with Gasteiger partial charge < -0.3 is 10.1 Å². The molecule has 0 spiro atoms. The maximum Gasteiger partial charge on any atom is 0.305 e. The Balaban J connectivity index is 1.87. The minimum Gasteiger partial charge on any atom is -0.469 e. The molecule has 0 aromatic heterocycles. The molecule has 1 heterocycles. The Hall–Kier alpha value is -0.660. The molecule has 1 atom stereocenters. The van der Waals surface area contributed by atoms with Crippen LogP contribution in [-0.4, -0.2) is 56.7 Å². The van der Waals surface area contributed by atoms with Crippen LogP contribution in [0.1, 0.15) is 38.5 Å². The van der Waals surface area contributed by atoms with Gasteiger partial charge in [-0.1, -0.05) is 0 Å². The minimum absolute atomic E-state index is 0.0331. The molecule has 20 heavy (non-hydrogen) atoms. The fraction of sp³-hybridized carbons (Fsp3) is 0.923. The summed E-state index contributed by atoms with van der Waals surface area (Å²) < 4.78 is 31.0. The predicted molar refractivity (Wildman–Crippen MR) is 75.8 cm³/mol. The number of carbonyl (C=O) groups is 1. The van der Waals surface area contributed by atoms with Crippen LogP contribution in [0.15, 0.2) is 0 Å². The van der Waals surface area contributed by atoms with E-state index in [4.69, 9.17) is 0 Å². The maximum atomic E-state index is 12.4. The van der Waals surface area contributed by atoms with Crippen LogP contribution < -0.4 is 5.32 Å². The van der Waals surface area contributed by atoms with Gasteiger partial charge in [0, 0.05) is 25.0 Å². The third kappa shape index (κ3) is 4.43. The van der Waals surface area contributed by atoms with Crippen molar-refractivity contribution >= 4 is 16.0 Å². The van der Waals surface area contributed by atoms with E-state index in [0.29, 0.717) is 13.0 Å². The third-order valence-corrected chi connectivity index (χ3v) is 5.85. The predicted octanol–water partition coefficient (Wildman–Crippen LogP) is 0.486. The van der Waals surface area contributed by atoms with E-state index in [1.54, 1.807) is 4.31 Å². The van der Waals surface area contributed by atoms with E-state index >= 15 is 0 Å². The molecule has 0 bridgehead atoms. The third-order valence-electron chi connectivity index (χ3n) is 3.89. The number of ether oxygens (including phenoxy) is 1. The summed E-state index contributed by atoms with van der Waals surface area (Å²) in [6, 6.07) is 0.464. The topological polar surface area (TPSA) is 75.7 Å². The van der Waals surface area contributed by atoms with E-state index in [1.165, 1.54) is 7.11 Å². The molecule has 6 nitrogen and oxygen atoms in total. The lowest BCUT2D eigenvalue weighted by molar-refractivity contribution is -0.140. The van der Waals surface area contributed by atoms with Crippen molar-refractivity contribution in [3.8, 4) is 0 Å². The molecule has 0 radical (unpaired) electrons. The van der Waals surface area contributed by atoms with Gasteiger partial charge in [-0.3, -0.25) is 4.79 Å². The van der Waals surface area contributed by atoms with Gasteiger partial charge >= 0.3 is 5.97 Å². The fourth-order valence-electron chi connectivity index (χ4n) is 2.60. The van der Waals surface area contributed by atoms with Crippen LogP contribution in [-0.2, 0) is 19.6 Å². The summed E-state index contributed by atoms with van der Waals surface area (Å²) in [5.41, 5.74) is 0. The van der Waals surface area contributed by atoms with Gasteiger partial charge in [0.05, 0.1) is 12.9 Å². The first-order chi connectivity index (χ1) is 9.53. The van der Waals surface area contributed by atoms with Crippen molar-refractivity contribution in [1.29, 1.82) is 0 Å². The molecule has 1 saturated heterocycles. The van der Waals surface area contributed by atoms with Gasteiger partial charge in [0.1, 0.15) is 0 Å². The summed E-state index contributed by atoms with van der Waals surface area (Å²) in [5, 5.41) is 3.35. The van der Waals surface area contributed by atoms with Gasteiger partial charge in [-0.05, 0) is 38.6 Å². The van der Waals surface area contributed by atoms with Gasteiger partial charge in [0.25, 0.3) is 0 Å². The first-order valence-corrected chi connectivity index (χ1v) is 8.93. The molecule has 2 rings (SSSR count). The van der Waals surface area contributed by atoms with Crippen molar-refractivity contribution in [3.05, 3.63) is 0 Å². The highest BCUT2D eigenvalue weighted by Gasteiger charge is 2.38. The minimum atomic E-state index is -3.26. The molecule has 116 valence electrons. The van der Waals surface area contributed by atoms with Crippen LogP contribution in [0.4, 0.5) is 0 Å². The van der Waals surface area contributed by atoms with Crippen molar-refractivity contribution in [2.75, 3.05) is 26.0 Å². The van der Waals surface area contributed by atoms with E-state index in [9.17, 15) is 13.2 Å². The average molecular weight is 304 g/mol. The molecule has 0 amide bonds. The first kappa shape index (κ1) is 15.7. The van der Waals surface area contributed by atoms with Gasteiger partial charge in [-0.25, -0.2) is 8.42 Å². The SMILES string of the molecule is COC(=O)CCCS(=O)(=O)N(CC1CCCN1)C1CC1. The summed E-state index contributed by atoms with van der Waals surface area (Å²) >= 11 is 0. The van der Waals surface area contributed by atoms with Crippen LogP contribution >= 0.6 is 0 Å². The quantitative estimate of drug-likeness (QED) is 0.660. The number of esters is 1. The fourth-order valence-corrected chi connectivity index (χ4v) is 4.42. The molecule has 1 saturated carbocycles. The molecule has 2 fully saturated rings. The van der Waals surface area contributed by atoms with Crippen LogP contribution in [0.5, 0.6) is 0 Å². The van der Waals surface area contributed by atoms with E-state index in [1.807, 2.05) is 0 Å². The lowest BCUT2D eigenvalue weighted by atomic mass is 10.2. The molecule has 1 unspecified atom stereocenters. The lowest BCUT2D eigenvalue weighted by Gasteiger charge is -2.25. The Labute approximate surface area is 120 Å². The molecule has 7 heteroatoms. The molecule has 2 aliphatic rings. The number of carbonyl (C=O) groups excluding carboxylic acids is 1. The molecule has 1 aliphatic heterocycles. The summed E-state index contributed by atoms with van der Waals surface area (Å²) in [6.45, 7) is 1.55. The number of nitrogens with one attached hydrogen (secondary N) is 1. The van der Waals surface area contributed by atoms with Gasteiger partial charge in [0.2, 0.25) is 10.0 Å². The van der Waals surface area contributed by atoms with E-state index in [0.717, 1.165) is 32.2 Å². The first-order valence-electron chi connectivity index (χ1n) is 7.32. The second kappa shape index (κ2) is 6.87. The van der Waals surface area contributed by atoms with Crippen molar-refractivity contribution in [2.45, 2.75) is 50.6 Å². The Morgan fingerprint density at radius 3 is 2.65 bits per heavy atom.